The van der Waals surface area contributed by atoms with E-state index in [9.17, 15) is 9.59 Å². The van der Waals surface area contributed by atoms with E-state index >= 15 is 0 Å². The van der Waals surface area contributed by atoms with Gasteiger partial charge in [-0.15, -0.1) is 0 Å². The first-order valence-electron chi connectivity index (χ1n) is 9.87. The predicted molar refractivity (Wildman–Crippen MR) is 105 cm³/mol. The van der Waals surface area contributed by atoms with Gasteiger partial charge in [-0.05, 0) is 31.5 Å². The predicted octanol–water partition coefficient (Wildman–Crippen LogP) is 3.11. The lowest BCUT2D eigenvalue weighted by atomic mass is 9.82. The number of carbonyl (C=O) groups excluding carboxylic acids is 2. The lowest BCUT2D eigenvalue weighted by molar-refractivity contribution is -0.130. The second kappa shape index (κ2) is 7.62. The highest BCUT2D eigenvalue weighted by molar-refractivity contribution is 5.94. The Hall–Kier alpha value is -2.89. The maximum absolute atomic E-state index is 12.8. The monoisotopic (exact) mass is 379 g/mol. The van der Waals surface area contributed by atoms with Crippen molar-refractivity contribution in [2.75, 3.05) is 13.1 Å². The molecule has 1 spiro atoms. The van der Waals surface area contributed by atoms with Gasteiger partial charge in [0, 0.05) is 50.3 Å². The zero-order valence-electron chi connectivity index (χ0n) is 16.1. The Morgan fingerprint density at radius 1 is 1.29 bits per heavy atom. The molecule has 1 N–H and O–H groups in total. The van der Waals surface area contributed by atoms with Crippen LogP contribution in [-0.4, -0.2) is 40.4 Å². The van der Waals surface area contributed by atoms with Crippen molar-refractivity contribution in [2.24, 2.45) is 0 Å². The molecule has 4 rings (SSSR count). The molecule has 0 saturated carbocycles. The topological polar surface area (TPSA) is 71.5 Å². The second-order valence-electron chi connectivity index (χ2n) is 7.52. The van der Waals surface area contributed by atoms with Crippen LogP contribution in [0.3, 0.4) is 0 Å². The Bertz CT molecular complexity index is 870. The van der Waals surface area contributed by atoms with Crippen molar-refractivity contribution in [1.82, 2.24) is 15.2 Å². The van der Waals surface area contributed by atoms with Gasteiger partial charge in [-0.3, -0.25) is 14.6 Å². The van der Waals surface area contributed by atoms with Crippen LogP contribution in [0.1, 0.15) is 54.6 Å². The molecule has 1 aromatic carbocycles. The molecule has 3 heterocycles. The van der Waals surface area contributed by atoms with Gasteiger partial charge in [0.1, 0.15) is 11.4 Å². The summed E-state index contributed by atoms with van der Waals surface area (Å²) in [5.41, 5.74) is 1.07. The Balaban J connectivity index is 1.61. The van der Waals surface area contributed by atoms with Crippen molar-refractivity contribution in [1.29, 1.82) is 0 Å². The zero-order chi connectivity index (χ0) is 19.6. The summed E-state index contributed by atoms with van der Waals surface area (Å²) < 4.78 is 6.46. The van der Waals surface area contributed by atoms with E-state index in [1.165, 1.54) is 0 Å². The number of para-hydroxylation sites is 1. The molecule has 1 aromatic heterocycles. The summed E-state index contributed by atoms with van der Waals surface area (Å²) in [5.74, 6) is 0.824. The number of pyridine rings is 1. The molecule has 2 aliphatic rings. The third-order valence-electron chi connectivity index (χ3n) is 5.79. The van der Waals surface area contributed by atoms with Crippen LogP contribution in [-0.2, 0) is 4.79 Å². The van der Waals surface area contributed by atoms with Gasteiger partial charge in [-0.2, -0.15) is 0 Å². The molecule has 2 atom stereocenters. The smallest absolute Gasteiger partial charge is 0.253 e. The van der Waals surface area contributed by atoms with Crippen LogP contribution in [0, 0.1) is 0 Å². The van der Waals surface area contributed by atoms with Gasteiger partial charge in [0.2, 0.25) is 5.91 Å². The van der Waals surface area contributed by atoms with Gasteiger partial charge >= 0.3 is 0 Å². The molecular weight excluding hydrogens is 354 g/mol. The number of nitrogens with zero attached hydrogens (tertiary/aromatic N) is 2. The minimum Gasteiger partial charge on any atom is -0.487 e. The van der Waals surface area contributed by atoms with E-state index in [4.69, 9.17) is 4.74 Å². The van der Waals surface area contributed by atoms with Crippen LogP contribution in [0.15, 0.2) is 48.8 Å². The Morgan fingerprint density at radius 3 is 2.93 bits per heavy atom. The number of carbonyl (C=O) groups is 2. The average molecular weight is 379 g/mol. The molecule has 0 radical (unpaired) electrons. The Labute approximate surface area is 164 Å². The van der Waals surface area contributed by atoms with Gasteiger partial charge in [0.15, 0.2) is 0 Å². The van der Waals surface area contributed by atoms with E-state index in [2.05, 4.69) is 10.3 Å². The van der Waals surface area contributed by atoms with Gasteiger partial charge in [-0.1, -0.05) is 18.2 Å². The lowest BCUT2D eigenvalue weighted by Gasteiger charge is -2.42. The van der Waals surface area contributed by atoms with E-state index in [1.807, 2.05) is 36.1 Å². The van der Waals surface area contributed by atoms with Crippen molar-refractivity contribution in [2.45, 2.75) is 44.2 Å². The second-order valence-corrected chi connectivity index (χ2v) is 7.52. The third kappa shape index (κ3) is 3.59. The summed E-state index contributed by atoms with van der Waals surface area (Å²) in [7, 11) is 0. The van der Waals surface area contributed by atoms with E-state index in [1.54, 1.807) is 24.5 Å². The number of aromatic nitrogens is 1. The SMILES string of the molecule is CCN1CCC2(CCC1=O)CC(NC(=O)c1cccnc1)c1ccccc1O2. The number of hydrogen-bond acceptors (Lipinski definition) is 4. The van der Waals surface area contributed by atoms with Crippen molar-refractivity contribution in [3.05, 3.63) is 59.9 Å². The third-order valence-corrected chi connectivity index (χ3v) is 5.79. The molecule has 2 amide bonds. The van der Waals surface area contributed by atoms with E-state index < -0.39 is 5.60 Å². The zero-order valence-corrected chi connectivity index (χ0v) is 16.1. The number of likely N-dealkylation sites (tertiary alicyclic amines) is 1. The van der Waals surface area contributed by atoms with Crippen LogP contribution in [0.2, 0.25) is 0 Å². The largest absolute Gasteiger partial charge is 0.487 e. The maximum Gasteiger partial charge on any atom is 0.253 e. The highest BCUT2D eigenvalue weighted by atomic mass is 16.5. The summed E-state index contributed by atoms with van der Waals surface area (Å²) in [6.07, 6.45) is 5.77. The van der Waals surface area contributed by atoms with Gasteiger partial charge < -0.3 is 15.0 Å². The van der Waals surface area contributed by atoms with E-state index in [0.717, 1.165) is 17.7 Å². The number of fused-ring (bicyclic) bond motifs is 1. The lowest BCUT2D eigenvalue weighted by Crippen LogP contribution is -2.46. The van der Waals surface area contributed by atoms with Gasteiger partial charge in [0.05, 0.1) is 11.6 Å². The quantitative estimate of drug-likeness (QED) is 0.890. The average Bonchev–Trinajstić information content (AvgIpc) is 2.87. The molecule has 0 aliphatic carbocycles. The van der Waals surface area contributed by atoms with Crippen molar-refractivity contribution < 1.29 is 14.3 Å². The van der Waals surface area contributed by atoms with Gasteiger partial charge in [-0.25, -0.2) is 0 Å². The molecule has 1 fully saturated rings. The number of hydrogen-bond donors (Lipinski definition) is 1. The molecule has 2 unspecified atom stereocenters. The maximum atomic E-state index is 12.8. The number of amides is 2. The molecule has 0 bridgehead atoms. The fraction of sp³-hybridized carbons (Fsp3) is 0.409. The van der Waals surface area contributed by atoms with E-state index in [0.29, 0.717) is 37.9 Å². The van der Waals surface area contributed by atoms with Crippen LogP contribution in [0.4, 0.5) is 0 Å². The summed E-state index contributed by atoms with van der Waals surface area (Å²) in [4.78, 5) is 31.0. The van der Waals surface area contributed by atoms with Crippen LogP contribution in [0.5, 0.6) is 5.75 Å². The van der Waals surface area contributed by atoms with Crippen molar-refractivity contribution in [3.63, 3.8) is 0 Å². The Kier molecular flexibility index (Phi) is 5.03. The number of benzene rings is 1. The van der Waals surface area contributed by atoms with Gasteiger partial charge in [0.25, 0.3) is 5.91 Å². The minimum atomic E-state index is -0.444. The van der Waals surface area contributed by atoms with Crippen LogP contribution >= 0.6 is 0 Å². The Morgan fingerprint density at radius 2 is 2.14 bits per heavy atom. The molecule has 2 aliphatic heterocycles. The van der Waals surface area contributed by atoms with Crippen LogP contribution < -0.4 is 10.1 Å². The number of rotatable bonds is 3. The fourth-order valence-corrected chi connectivity index (χ4v) is 4.21. The highest BCUT2D eigenvalue weighted by Crippen LogP contribution is 2.44. The summed E-state index contributed by atoms with van der Waals surface area (Å²) in [6.45, 7) is 3.40. The first-order chi connectivity index (χ1) is 13.6. The summed E-state index contributed by atoms with van der Waals surface area (Å²) in [5, 5.41) is 3.16. The fourth-order valence-electron chi connectivity index (χ4n) is 4.21. The molecule has 1 saturated heterocycles. The standard InChI is InChI=1S/C22H25N3O3/c1-2-25-13-11-22(10-9-20(25)26)14-18(17-7-3-4-8-19(17)28-22)24-21(27)16-6-5-12-23-15-16/h3-8,12,15,18H,2,9-11,13-14H2,1H3,(H,24,27). The van der Waals surface area contributed by atoms with Crippen LogP contribution in [0.25, 0.3) is 0 Å². The van der Waals surface area contributed by atoms with E-state index in [-0.39, 0.29) is 17.9 Å². The highest BCUT2D eigenvalue weighted by Gasteiger charge is 2.43. The molecule has 6 nitrogen and oxygen atoms in total. The van der Waals surface area contributed by atoms with Crippen molar-refractivity contribution in [3.8, 4) is 5.75 Å². The molecule has 28 heavy (non-hydrogen) atoms. The number of nitrogens with one attached hydrogen (secondary N) is 1. The minimum absolute atomic E-state index is 0.148. The molecule has 2 aromatic rings. The summed E-state index contributed by atoms with van der Waals surface area (Å²) in [6, 6.07) is 11.2. The normalized spacial score (nSPS) is 24.2. The molecule has 146 valence electrons. The first-order valence-corrected chi connectivity index (χ1v) is 9.87. The molecular formula is C22H25N3O3. The summed E-state index contributed by atoms with van der Waals surface area (Å²) >= 11 is 0. The van der Waals surface area contributed by atoms with Crippen molar-refractivity contribution >= 4 is 11.8 Å². The first kappa shape index (κ1) is 18.5. The number of ether oxygens (including phenoxy) is 1. The molecule has 6 heteroatoms.